The molecule has 0 aliphatic heterocycles. The molecular formula is C26H26N2O. The first kappa shape index (κ1) is 19.0. The second-order valence-corrected chi connectivity index (χ2v) is 7.48. The number of aromatic nitrogens is 1. The van der Waals surface area contributed by atoms with Gasteiger partial charge in [0.1, 0.15) is 0 Å². The molecule has 4 aromatic rings. The van der Waals surface area contributed by atoms with Crippen molar-refractivity contribution in [2.24, 2.45) is 0 Å². The Kier molecular flexibility index (Phi) is 6.06. The normalized spacial score (nSPS) is 12.0. The number of rotatable bonds is 8. The number of aryl methyl sites for hydroxylation is 1. The van der Waals surface area contributed by atoms with Crippen LogP contribution >= 0.6 is 0 Å². The van der Waals surface area contributed by atoms with E-state index in [1.807, 2.05) is 42.5 Å². The number of carbonyl (C=O) groups is 1. The average molecular weight is 383 g/mol. The van der Waals surface area contributed by atoms with E-state index in [1.165, 1.54) is 16.5 Å². The molecule has 3 heteroatoms. The molecule has 0 unspecified atom stereocenters. The van der Waals surface area contributed by atoms with E-state index >= 15 is 0 Å². The number of fused-ring (bicyclic) bond motifs is 1. The van der Waals surface area contributed by atoms with Gasteiger partial charge in [0.05, 0.1) is 0 Å². The van der Waals surface area contributed by atoms with Crippen LogP contribution in [-0.4, -0.2) is 10.9 Å². The lowest BCUT2D eigenvalue weighted by Gasteiger charge is -2.17. The summed E-state index contributed by atoms with van der Waals surface area (Å²) in [6.45, 7) is 0.568. The molecule has 0 radical (unpaired) electrons. The number of para-hydroxylation sites is 1. The molecule has 2 N–H and O–H groups in total. The number of nitrogens with one attached hydrogen (secondary N) is 2. The zero-order valence-corrected chi connectivity index (χ0v) is 16.5. The minimum atomic E-state index is 0.0946. The van der Waals surface area contributed by atoms with Crippen LogP contribution < -0.4 is 5.32 Å². The standard InChI is InChI=1S/C26H26N2O/c29-26(28-18-21-11-5-2-6-12-21)17-22(16-15-20-9-3-1-4-10-20)24-19-27-25-14-8-7-13-23(24)25/h1-14,19,22,27H,15-18H2,(H,28,29)/t22-/m0/s1. The molecule has 0 saturated heterocycles. The van der Waals surface area contributed by atoms with Crippen molar-refractivity contribution in [3.8, 4) is 0 Å². The monoisotopic (exact) mass is 382 g/mol. The van der Waals surface area contributed by atoms with E-state index in [2.05, 4.69) is 59.0 Å². The Morgan fingerprint density at radius 2 is 1.48 bits per heavy atom. The van der Waals surface area contributed by atoms with Crippen molar-refractivity contribution in [2.45, 2.75) is 31.7 Å². The third-order valence-electron chi connectivity index (χ3n) is 5.45. The summed E-state index contributed by atoms with van der Waals surface area (Å²) in [7, 11) is 0. The van der Waals surface area contributed by atoms with Crippen molar-refractivity contribution in [1.82, 2.24) is 10.3 Å². The van der Waals surface area contributed by atoms with E-state index in [1.54, 1.807) is 0 Å². The number of aromatic amines is 1. The number of hydrogen-bond acceptors (Lipinski definition) is 1. The van der Waals surface area contributed by atoms with Crippen molar-refractivity contribution in [3.63, 3.8) is 0 Å². The van der Waals surface area contributed by atoms with Crippen LogP contribution in [0.4, 0.5) is 0 Å². The van der Waals surface area contributed by atoms with Gasteiger partial charge in [0.2, 0.25) is 5.91 Å². The van der Waals surface area contributed by atoms with Gasteiger partial charge in [0, 0.05) is 30.1 Å². The molecule has 3 aromatic carbocycles. The molecule has 0 bridgehead atoms. The summed E-state index contributed by atoms with van der Waals surface area (Å²) in [6, 6.07) is 28.9. The van der Waals surface area contributed by atoms with E-state index in [-0.39, 0.29) is 11.8 Å². The molecule has 1 heterocycles. The number of benzene rings is 3. The van der Waals surface area contributed by atoms with E-state index in [0.29, 0.717) is 13.0 Å². The quantitative estimate of drug-likeness (QED) is 0.410. The predicted molar refractivity (Wildman–Crippen MR) is 119 cm³/mol. The zero-order chi connectivity index (χ0) is 19.9. The van der Waals surface area contributed by atoms with Gasteiger partial charge in [0.15, 0.2) is 0 Å². The van der Waals surface area contributed by atoms with E-state index < -0.39 is 0 Å². The number of H-pyrrole nitrogens is 1. The number of amides is 1. The average Bonchev–Trinajstić information content (AvgIpc) is 3.21. The SMILES string of the molecule is O=C(C[C@H](CCc1ccccc1)c1c[nH]c2ccccc12)NCc1ccccc1. The van der Waals surface area contributed by atoms with E-state index in [9.17, 15) is 4.79 Å². The van der Waals surface area contributed by atoms with Crippen molar-refractivity contribution >= 4 is 16.8 Å². The van der Waals surface area contributed by atoms with Crippen LogP contribution in [0.5, 0.6) is 0 Å². The largest absolute Gasteiger partial charge is 0.361 e. The molecule has 1 atom stereocenters. The first-order valence-electron chi connectivity index (χ1n) is 10.2. The fourth-order valence-corrected chi connectivity index (χ4v) is 3.88. The summed E-state index contributed by atoms with van der Waals surface area (Å²) in [4.78, 5) is 16.1. The highest BCUT2D eigenvalue weighted by molar-refractivity contribution is 5.85. The van der Waals surface area contributed by atoms with Gasteiger partial charge in [-0.05, 0) is 41.5 Å². The Hall–Kier alpha value is -3.33. The predicted octanol–water partition coefficient (Wildman–Crippen LogP) is 5.59. The summed E-state index contributed by atoms with van der Waals surface area (Å²) >= 11 is 0. The Labute approximate surface area is 171 Å². The van der Waals surface area contributed by atoms with Crippen molar-refractivity contribution in [3.05, 3.63) is 108 Å². The van der Waals surface area contributed by atoms with Crippen LogP contribution in [0.3, 0.4) is 0 Å². The van der Waals surface area contributed by atoms with Crippen LogP contribution in [0.25, 0.3) is 10.9 Å². The second kappa shape index (κ2) is 9.24. The Balaban J connectivity index is 1.49. The Morgan fingerprint density at radius 3 is 2.24 bits per heavy atom. The van der Waals surface area contributed by atoms with Crippen molar-refractivity contribution in [2.75, 3.05) is 0 Å². The highest BCUT2D eigenvalue weighted by atomic mass is 16.1. The summed E-state index contributed by atoms with van der Waals surface area (Å²) < 4.78 is 0. The van der Waals surface area contributed by atoms with Crippen LogP contribution in [0.1, 0.15) is 35.4 Å². The lowest BCUT2D eigenvalue weighted by Crippen LogP contribution is -2.24. The molecular weight excluding hydrogens is 356 g/mol. The smallest absolute Gasteiger partial charge is 0.220 e. The molecule has 0 fully saturated rings. The van der Waals surface area contributed by atoms with Gasteiger partial charge in [-0.3, -0.25) is 4.79 Å². The van der Waals surface area contributed by atoms with Crippen molar-refractivity contribution < 1.29 is 4.79 Å². The maximum absolute atomic E-state index is 12.7. The van der Waals surface area contributed by atoms with Crippen molar-refractivity contribution in [1.29, 1.82) is 0 Å². The molecule has 29 heavy (non-hydrogen) atoms. The maximum atomic E-state index is 12.7. The van der Waals surface area contributed by atoms with Gasteiger partial charge >= 0.3 is 0 Å². The Bertz CT molecular complexity index is 1050. The van der Waals surface area contributed by atoms with Crippen LogP contribution in [0.15, 0.2) is 91.1 Å². The van der Waals surface area contributed by atoms with Gasteiger partial charge in [0.25, 0.3) is 0 Å². The minimum Gasteiger partial charge on any atom is -0.361 e. The number of carbonyl (C=O) groups excluding carboxylic acids is 1. The first-order chi connectivity index (χ1) is 14.3. The molecule has 1 amide bonds. The summed E-state index contributed by atoms with van der Waals surface area (Å²) in [5.41, 5.74) is 4.78. The molecule has 4 rings (SSSR count). The lowest BCUT2D eigenvalue weighted by molar-refractivity contribution is -0.121. The van der Waals surface area contributed by atoms with Crippen LogP contribution in [0.2, 0.25) is 0 Å². The second-order valence-electron chi connectivity index (χ2n) is 7.48. The van der Waals surface area contributed by atoms with Gasteiger partial charge in [-0.15, -0.1) is 0 Å². The Morgan fingerprint density at radius 1 is 0.828 bits per heavy atom. The van der Waals surface area contributed by atoms with Gasteiger partial charge in [-0.1, -0.05) is 78.9 Å². The summed E-state index contributed by atoms with van der Waals surface area (Å²) in [5, 5.41) is 4.30. The topological polar surface area (TPSA) is 44.9 Å². The molecule has 146 valence electrons. The van der Waals surface area contributed by atoms with Crippen LogP contribution in [0, 0.1) is 0 Å². The van der Waals surface area contributed by atoms with Gasteiger partial charge in [-0.25, -0.2) is 0 Å². The summed E-state index contributed by atoms with van der Waals surface area (Å²) in [5.74, 6) is 0.263. The highest BCUT2D eigenvalue weighted by Crippen LogP contribution is 2.31. The highest BCUT2D eigenvalue weighted by Gasteiger charge is 2.19. The van der Waals surface area contributed by atoms with Gasteiger partial charge in [-0.2, -0.15) is 0 Å². The third kappa shape index (κ3) is 4.94. The molecule has 0 saturated carbocycles. The summed E-state index contributed by atoms with van der Waals surface area (Å²) in [6.07, 6.45) is 4.45. The first-order valence-corrected chi connectivity index (χ1v) is 10.2. The molecule has 0 spiro atoms. The molecule has 0 aliphatic carbocycles. The van der Waals surface area contributed by atoms with Gasteiger partial charge < -0.3 is 10.3 Å². The van der Waals surface area contributed by atoms with E-state index in [0.717, 1.165) is 23.9 Å². The maximum Gasteiger partial charge on any atom is 0.220 e. The number of hydrogen-bond donors (Lipinski definition) is 2. The molecule has 3 nitrogen and oxygen atoms in total. The van der Waals surface area contributed by atoms with E-state index in [4.69, 9.17) is 0 Å². The molecule has 1 aromatic heterocycles. The third-order valence-corrected chi connectivity index (χ3v) is 5.45. The fraction of sp³-hybridized carbons (Fsp3) is 0.192. The fourth-order valence-electron chi connectivity index (χ4n) is 3.88. The minimum absolute atomic E-state index is 0.0946. The zero-order valence-electron chi connectivity index (χ0n) is 16.5. The molecule has 0 aliphatic rings. The lowest BCUT2D eigenvalue weighted by atomic mass is 9.89. The van der Waals surface area contributed by atoms with Crippen LogP contribution in [-0.2, 0) is 17.8 Å².